The van der Waals surface area contributed by atoms with E-state index in [2.05, 4.69) is 4.72 Å². The van der Waals surface area contributed by atoms with Gasteiger partial charge >= 0.3 is 0 Å². The van der Waals surface area contributed by atoms with Gasteiger partial charge in [0.05, 0.1) is 0 Å². The van der Waals surface area contributed by atoms with Gasteiger partial charge < -0.3 is 10.5 Å². The second-order valence-electron chi connectivity index (χ2n) is 4.35. The van der Waals surface area contributed by atoms with Gasteiger partial charge in [-0.25, -0.2) is 8.42 Å². The van der Waals surface area contributed by atoms with Crippen molar-refractivity contribution < 1.29 is 13.2 Å². The van der Waals surface area contributed by atoms with E-state index in [-0.39, 0.29) is 12.4 Å². The summed E-state index contributed by atoms with van der Waals surface area (Å²) < 4.78 is 31.6. The molecular weight excluding hydrogens is 312 g/mol. The highest BCUT2D eigenvalue weighted by Crippen LogP contribution is 2.15. The fourth-order valence-electron chi connectivity index (χ4n) is 1.58. The molecule has 0 fully saturated rings. The highest BCUT2D eigenvalue weighted by Gasteiger charge is 2.10. The number of halogens is 1. The summed E-state index contributed by atoms with van der Waals surface area (Å²) in [7, 11) is -3.47. The van der Waals surface area contributed by atoms with Crippen LogP contribution in [0.1, 0.15) is 0 Å². The summed E-state index contributed by atoms with van der Waals surface area (Å²) >= 11 is 5.74. The number of hydrogen-bond donors (Lipinski definition) is 2. The molecule has 112 valence electrons. The monoisotopic (exact) mass is 326 g/mol. The van der Waals surface area contributed by atoms with Crippen molar-refractivity contribution >= 4 is 33.0 Å². The third-order valence-corrected chi connectivity index (χ3v) is 4.12. The van der Waals surface area contributed by atoms with E-state index in [1.165, 1.54) is 0 Å². The van der Waals surface area contributed by atoms with Crippen LogP contribution in [-0.2, 0) is 10.0 Å². The van der Waals surface area contributed by atoms with Gasteiger partial charge in [-0.1, -0.05) is 11.6 Å². The Balaban J connectivity index is 1.86. The number of sulfonamides is 1. The molecule has 0 atom stereocenters. The van der Waals surface area contributed by atoms with E-state index >= 15 is 0 Å². The van der Waals surface area contributed by atoms with Crippen molar-refractivity contribution in [1.29, 1.82) is 0 Å². The molecule has 5 nitrogen and oxygen atoms in total. The molecule has 2 aromatic carbocycles. The minimum absolute atomic E-state index is 0.0485. The zero-order valence-corrected chi connectivity index (χ0v) is 12.7. The van der Waals surface area contributed by atoms with Crippen LogP contribution in [-0.4, -0.2) is 20.8 Å². The summed E-state index contributed by atoms with van der Waals surface area (Å²) in [5.41, 5.74) is 6.64. The van der Waals surface area contributed by atoms with Crippen LogP contribution < -0.4 is 15.2 Å². The molecule has 0 unspecified atom stereocenters. The van der Waals surface area contributed by atoms with Crippen molar-refractivity contribution in [2.45, 2.75) is 0 Å². The number of nitrogen functional groups attached to an aromatic ring is 1. The largest absolute Gasteiger partial charge is 0.492 e. The summed E-state index contributed by atoms with van der Waals surface area (Å²) in [5, 5.41) is 0.546. The standard InChI is InChI=1S/C14H15ClN2O3S/c15-11-1-5-13(6-2-11)17-21(18,19)10-9-20-14-7-3-12(16)4-8-14/h1-8,17H,9-10,16H2. The topological polar surface area (TPSA) is 81.4 Å². The molecule has 0 aliphatic heterocycles. The third kappa shape index (κ3) is 5.17. The SMILES string of the molecule is Nc1ccc(OCCS(=O)(=O)Nc2ccc(Cl)cc2)cc1. The molecule has 0 amide bonds. The molecule has 0 radical (unpaired) electrons. The summed E-state index contributed by atoms with van der Waals surface area (Å²) in [6.45, 7) is 0.0485. The molecule has 0 saturated carbocycles. The average molecular weight is 327 g/mol. The summed E-state index contributed by atoms with van der Waals surface area (Å²) in [6, 6.07) is 13.2. The molecule has 0 aliphatic rings. The first-order valence-corrected chi connectivity index (χ1v) is 8.22. The van der Waals surface area contributed by atoms with Crippen molar-refractivity contribution in [3.05, 3.63) is 53.6 Å². The lowest BCUT2D eigenvalue weighted by Gasteiger charge is -2.09. The molecule has 3 N–H and O–H groups in total. The van der Waals surface area contributed by atoms with Gasteiger partial charge in [0.2, 0.25) is 10.0 Å². The molecule has 0 aromatic heterocycles. The molecule has 0 spiro atoms. The van der Waals surface area contributed by atoms with E-state index in [9.17, 15) is 8.42 Å². The van der Waals surface area contributed by atoms with Crippen molar-refractivity contribution in [1.82, 2.24) is 0 Å². The van der Waals surface area contributed by atoms with Gasteiger partial charge in [-0.2, -0.15) is 0 Å². The Morgan fingerprint density at radius 3 is 2.29 bits per heavy atom. The van der Waals surface area contributed by atoms with Crippen LogP contribution in [0.15, 0.2) is 48.5 Å². The predicted molar refractivity (Wildman–Crippen MR) is 85.2 cm³/mol. The Hall–Kier alpha value is -1.92. The van der Waals surface area contributed by atoms with Crippen LogP contribution in [0.2, 0.25) is 5.02 Å². The first-order valence-electron chi connectivity index (χ1n) is 6.19. The van der Waals surface area contributed by atoms with Crippen molar-refractivity contribution in [2.24, 2.45) is 0 Å². The van der Waals surface area contributed by atoms with Crippen LogP contribution in [0.3, 0.4) is 0 Å². The third-order valence-electron chi connectivity index (χ3n) is 2.62. The van der Waals surface area contributed by atoms with Crippen LogP contribution in [0.4, 0.5) is 11.4 Å². The fourth-order valence-corrected chi connectivity index (χ4v) is 2.61. The van der Waals surface area contributed by atoms with Crippen LogP contribution in [0, 0.1) is 0 Å². The smallest absolute Gasteiger partial charge is 0.236 e. The van der Waals surface area contributed by atoms with Crippen molar-refractivity contribution in [3.8, 4) is 5.75 Å². The van der Waals surface area contributed by atoms with E-state index in [0.29, 0.717) is 22.1 Å². The highest BCUT2D eigenvalue weighted by atomic mass is 35.5. The van der Waals surface area contributed by atoms with Gasteiger partial charge in [0.25, 0.3) is 0 Å². The van der Waals surface area contributed by atoms with Crippen LogP contribution >= 0.6 is 11.6 Å². The van der Waals surface area contributed by atoms with Gasteiger partial charge in [-0.15, -0.1) is 0 Å². The Morgan fingerprint density at radius 1 is 1.05 bits per heavy atom. The zero-order chi connectivity index (χ0) is 15.3. The van der Waals surface area contributed by atoms with E-state index in [1.807, 2.05) is 0 Å². The fraction of sp³-hybridized carbons (Fsp3) is 0.143. The molecule has 0 bridgehead atoms. The maximum atomic E-state index is 11.9. The molecule has 0 aliphatic carbocycles. The van der Waals surface area contributed by atoms with Gasteiger partial charge in [0.15, 0.2) is 0 Å². The molecular formula is C14H15ClN2O3S. The number of benzene rings is 2. The van der Waals surface area contributed by atoms with Gasteiger partial charge in [-0.3, -0.25) is 4.72 Å². The lowest BCUT2D eigenvalue weighted by atomic mass is 10.3. The molecule has 2 aromatic rings. The van der Waals surface area contributed by atoms with E-state index < -0.39 is 10.0 Å². The van der Waals surface area contributed by atoms with Crippen LogP contribution in [0.25, 0.3) is 0 Å². The van der Waals surface area contributed by atoms with Gasteiger partial charge in [-0.05, 0) is 48.5 Å². The number of hydrogen-bond acceptors (Lipinski definition) is 4. The minimum Gasteiger partial charge on any atom is -0.492 e. The first kappa shape index (κ1) is 15.5. The maximum absolute atomic E-state index is 11.9. The van der Waals surface area contributed by atoms with E-state index in [1.54, 1.807) is 48.5 Å². The first-order chi connectivity index (χ1) is 9.94. The van der Waals surface area contributed by atoms with Gasteiger partial charge in [0.1, 0.15) is 18.1 Å². The van der Waals surface area contributed by atoms with Crippen molar-refractivity contribution in [3.63, 3.8) is 0 Å². The number of rotatable bonds is 6. The normalized spacial score (nSPS) is 11.1. The second-order valence-corrected chi connectivity index (χ2v) is 6.62. The van der Waals surface area contributed by atoms with E-state index in [0.717, 1.165) is 0 Å². The lowest BCUT2D eigenvalue weighted by molar-refractivity contribution is 0.341. The Bertz CT molecular complexity index is 685. The average Bonchev–Trinajstić information content (AvgIpc) is 2.43. The number of ether oxygens (including phenoxy) is 1. The molecule has 7 heteroatoms. The minimum atomic E-state index is -3.47. The number of nitrogens with one attached hydrogen (secondary N) is 1. The summed E-state index contributed by atoms with van der Waals surface area (Å²) in [6.07, 6.45) is 0. The zero-order valence-electron chi connectivity index (χ0n) is 11.1. The highest BCUT2D eigenvalue weighted by molar-refractivity contribution is 7.92. The second kappa shape index (κ2) is 6.69. The summed E-state index contributed by atoms with van der Waals surface area (Å²) in [4.78, 5) is 0. The maximum Gasteiger partial charge on any atom is 0.236 e. The quantitative estimate of drug-likeness (QED) is 0.800. The summed E-state index contributed by atoms with van der Waals surface area (Å²) in [5.74, 6) is 0.422. The van der Waals surface area contributed by atoms with E-state index in [4.69, 9.17) is 22.1 Å². The molecule has 2 rings (SSSR count). The Labute approximate surface area is 128 Å². The number of nitrogens with two attached hydrogens (primary N) is 1. The van der Waals surface area contributed by atoms with Gasteiger partial charge in [0, 0.05) is 16.4 Å². The molecule has 0 heterocycles. The molecule has 0 saturated heterocycles. The Morgan fingerprint density at radius 2 is 1.67 bits per heavy atom. The van der Waals surface area contributed by atoms with Crippen molar-refractivity contribution in [2.75, 3.05) is 22.8 Å². The van der Waals surface area contributed by atoms with Crippen LogP contribution in [0.5, 0.6) is 5.75 Å². The lowest BCUT2D eigenvalue weighted by Crippen LogP contribution is -2.21. The number of anilines is 2. The molecule has 21 heavy (non-hydrogen) atoms. The Kier molecular flexibility index (Phi) is 4.93. The predicted octanol–water partition coefficient (Wildman–Crippen LogP) is 2.74.